The van der Waals surface area contributed by atoms with Crippen LogP contribution in [-0.2, 0) is 4.74 Å². The number of hydrogen-bond donors (Lipinski definition) is 2. The summed E-state index contributed by atoms with van der Waals surface area (Å²) in [7, 11) is 0. The maximum Gasteiger partial charge on any atom is 0.0468 e. The van der Waals surface area contributed by atoms with E-state index in [9.17, 15) is 5.11 Å². The lowest BCUT2D eigenvalue weighted by Gasteiger charge is -2.31. The van der Waals surface area contributed by atoms with Crippen LogP contribution in [0, 0.1) is 11.8 Å². The minimum atomic E-state index is 0.218. The molecule has 1 unspecified atom stereocenters. The average Bonchev–Trinajstić information content (AvgIpc) is 2.36. The van der Waals surface area contributed by atoms with Crippen molar-refractivity contribution in [3.63, 3.8) is 0 Å². The van der Waals surface area contributed by atoms with Gasteiger partial charge in [0.15, 0.2) is 0 Å². The van der Waals surface area contributed by atoms with E-state index in [0.29, 0.717) is 18.4 Å². The first-order valence-corrected chi connectivity index (χ1v) is 7.02. The smallest absolute Gasteiger partial charge is 0.0468 e. The van der Waals surface area contributed by atoms with Crippen molar-refractivity contribution in [2.75, 3.05) is 26.4 Å². The van der Waals surface area contributed by atoms with Crippen LogP contribution in [0.25, 0.3) is 0 Å². The molecule has 0 radical (unpaired) electrons. The largest absolute Gasteiger partial charge is 0.396 e. The van der Waals surface area contributed by atoms with Crippen LogP contribution in [0.4, 0.5) is 0 Å². The summed E-state index contributed by atoms with van der Waals surface area (Å²) in [5, 5.41) is 13.1. The third-order valence-electron chi connectivity index (χ3n) is 4.17. The molecule has 1 atom stereocenters. The van der Waals surface area contributed by atoms with Crippen LogP contribution in [0.1, 0.15) is 46.5 Å². The van der Waals surface area contributed by atoms with E-state index in [1.807, 2.05) is 0 Å². The summed E-state index contributed by atoms with van der Waals surface area (Å²) < 4.78 is 5.37. The summed E-state index contributed by atoms with van der Waals surface area (Å²) in [5.41, 5.74) is 0.218. The standard InChI is InChI=1S/C14H29NO2/c1-4-14(2,3)15-8-5-13(11-16)12-6-9-17-10-7-12/h12-13,15-16H,4-11H2,1-3H3. The van der Waals surface area contributed by atoms with E-state index >= 15 is 0 Å². The molecule has 0 aromatic carbocycles. The first kappa shape index (κ1) is 14.9. The molecule has 1 rings (SSSR count). The molecule has 0 aromatic heterocycles. The van der Waals surface area contributed by atoms with Gasteiger partial charge in [-0.2, -0.15) is 0 Å². The number of nitrogens with one attached hydrogen (secondary N) is 1. The van der Waals surface area contributed by atoms with Crippen molar-refractivity contribution < 1.29 is 9.84 Å². The summed E-state index contributed by atoms with van der Waals surface area (Å²) >= 11 is 0. The van der Waals surface area contributed by atoms with Gasteiger partial charge in [-0.1, -0.05) is 6.92 Å². The van der Waals surface area contributed by atoms with E-state index < -0.39 is 0 Å². The fourth-order valence-corrected chi connectivity index (χ4v) is 2.38. The second-order valence-corrected chi connectivity index (χ2v) is 5.85. The Bertz CT molecular complexity index is 200. The van der Waals surface area contributed by atoms with Crippen molar-refractivity contribution >= 4 is 0 Å². The Balaban J connectivity index is 2.26. The molecule has 2 N–H and O–H groups in total. The Morgan fingerprint density at radius 1 is 1.35 bits per heavy atom. The van der Waals surface area contributed by atoms with Crippen molar-refractivity contribution in [2.45, 2.75) is 52.0 Å². The fourth-order valence-electron chi connectivity index (χ4n) is 2.38. The van der Waals surface area contributed by atoms with Gasteiger partial charge in [0.1, 0.15) is 0 Å². The molecular formula is C14H29NO2. The Morgan fingerprint density at radius 2 is 2.00 bits per heavy atom. The van der Waals surface area contributed by atoms with E-state index in [0.717, 1.165) is 45.4 Å². The summed E-state index contributed by atoms with van der Waals surface area (Å²) in [6, 6.07) is 0. The van der Waals surface area contributed by atoms with Gasteiger partial charge in [-0.25, -0.2) is 0 Å². The SMILES string of the molecule is CCC(C)(C)NCCC(CO)C1CCOCC1. The Labute approximate surface area is 106 Å². The number of rotatable bonds is 7. The second-order valence-electron chi connectivity index (χ2n) is 5.85. The summed E-state index contributed by atoms with van der Waals surface area (Å²) in [5.74, 6) is 1.10. The summed E-state index contributed by atoms with van der Waals surface area (Å²) in [4.78, 5) is 0. The van der Waals surface area contributed by atoms with Crippen LogP contribution >= 0.6 is 0 Å². The minimum Gasteiger partial charge on any atom is -0.396 e. The Kier molecular flexibility index (Phi) is 6.45. The van der Waals surface area contributed by atoms with Crippen molar-refractivity contribution in [3.05, 3.63) is 0 Å². The second kappa shape index (κ2) is 7.34. The zero-order chi connectivity index (χ0) is 12.7. The number of aliphatic hydroxyl groups is 1. The minimum absolute atomic E-state index is 0.218. The molecule has 1 saturated heterocycles. The molecule has 0 saturated carbocycles. The molecule has 17 heavy (non-hydrogen) atoms. The molecule has 0 amide bonds. The zero-order valence-electron chi connectivity index (χ0n) is 11.7. The van der Waals surface area contributed by atoms with Crippen LogP contribution in [0.3, 0.4) is 0 Å². The Morgan fingerprint density at radius 3 is 2.53 bits per heavy atom. The molecular weight excluding hydrogens is 214 g/mol. The quantitative estimate of drug-likeness (QED) is 0.720. The molecule has 0 spiro atoms. The molecule has 1 heterocycles. The molecule has 0 aromatic rings. The van der Waals surface area contributed by atoms with Crippen LogP contribution in [0.2, 0.25) is 0 Å². The van der Waals surface area contributed by atoms with Gasteiger partial charge in [-0.3, -0.25) is 0 Å². The summed E-state index contributed by atoms with van der Waals surface area (Å²) in [6.45, 7) is 9.73. The predicted molar refractivity (Wildman–Crippen MR) is 71.1 cm³/mol. The van der Waals surface area contributed by atoms with Gasteiger partial charge in [-0.15, -0.1) is 0 Å². The molecule has 102 valence electrons. The average molecular weight is 243 g/mol. The molecule has 3 nitrogen and oxygen atoms in total. The number of aliphatic hydroxyl groups excluding tert-OH is 1. The highest BCUT2D eigenvalue weighted by Crippen LogP contribution is 2.25. The molecule has 1 fully saturated rings. The maximum absolute atomic E-state index is 9.50. The van der Waals surface area contributed by atoms with Crippen molar-refractivity contribution in [3.8, 4) is 0 Å². The lowest BCUT2D eigenvalue weighted by molar-refractivity contribution is 0.0308. The highest BCUT2D eigenvalue weighted by molar-refractivity contribution is 4.78. The third-order valence-corrected chi connectivity index (χ3v) is 4.17. The van der Waals surface area contributed by atoms with Gasteiger partial charge in [-0.05, 0) is 57.9 Å². The molecule has 1 aliphatic rings. The summed E-state index contributed by atoms with van der Waals surface area (Å²) in [6.07, 6.45) is 4.43. The van der Waals surface area contributed by atoms with Crippen molar-refractivity contribution in [1.82, 2.24) is 5.32 Å². The fraction of sp³-hybridized carbons (Fsp3) is 1.00. The van der Waals surface area contributed by atoms with Crippen LogP contribution < -0.4 is 5.32 Å². The van der Waals surface area contributed by atoms with E-state index in [2.05, 4.69) is 26.1 Å². The van der Waals surface area contributed by atoms with Crippen molar-refractivity contribution in [1.29, 1.82) is 0 Å². The number of hydrogen-bond acceptors (Lipinski definition) is 3. The van der Waals surface area contributed by atoms with Gasteiger partial charge in [0, 0.05) is 25.4 Å². The molecule has 0 aliphatic carbocycles. The molecule has 0 bridgehead atoms. The van der Waals surface area contributed by atoms with E-state index in [1.165, 1.54) is 0 Å². The Hall–Kier alpha value is -0.120. The van der Waals surface area contributed by atoms with E-state index in [1.54, 1.807) is 0 Å². The van der Waals surface area contributed by atoms with Crippen LogP contribution in [-0.4, -0.2) is 37.0 Å². The normalized spacial score (nSPS) is 20.5. The maximum atomic E-state index is 9.50. The van der Waals surface area contributed by atoms with Gasteiger partial charge in [0.25, 0.3) is 0 Å². The lowest BCUT2D eigenvalue weighted by Crippen LogP contribution is -2.40. The highest BCUT2D eigenvalue weighted by Gasteiger charge is 2.23. The first-order chi connectivity index (χ1) is 8.09. The van der Waals surface area contributed by atoms with Gasteiger partial charge >= 0.3 is 0 Å². The molecule has 1 aliphatic heterocycles. The van der Waals surface area contributed by atoms with Gasteiger partial charge < -0.3 is 15.2 Å². The highest BCUT2D eigenvalue weighted by atomic mass is 16.5. The molecule has 3 heteroatoms. The monoisotopic (exact) mass is 243 g/mol. The zero-order valence-corrected chi connectivity index (χ0v) is 11.7. The lowest BCUT2D eigenvalue weighted by atomic mass is 9.84. The van der Waals surface area contributed by atoms with Crippen LogP contribution in [0.15, 0.2) is 0 Å². The number of ether oxygens (including phenoxy) is 1. The van der Waals surface area contributed by atoms with Crippen molar-refractivity contribution in [2.24, 2.45) is 11.8 Å². The van der Waals surface area contributed by atoms with E-state index in [4.69, 9.17) is 4.74 Å². The topological polar surface area (TPSA) is 41.5 Å². The van der Waals surface area contributed by atoms with Crippen LogP contribution in [0.5, 0.6) is 0 Å². The first-order valence-electron chi connectivity index (χ1n) is 7.02. The van der Waals surface area contributed by atoms with Gasteiger partial charge in [0.2, 0.25) is 0 Å². The van der Waals surface area contributed by atoms with Gasteiger partial charge in [0.05, 0.1) is 0 Å². The third kappa shape index (κ3) is 5.36. The predicted octanol–water partition coefficient (Wildman–Crippen LogP) is 2.19. The van der Waals surface area contributed by atoms with E-state index in [-0.39, 0.29) is 5.54 Å².